The summed E-state index contributed by atoms with van der Waals surface area (Å²) in [5.74, 6) is -0.277. The van der Waals surface area contributed by atoms with E-state index >= 15 is 0 Å². The standard InChI is InChI=1S/C10H8O5/c1-6(11)15-10(12)7-2-3-8-9(4-7)14-5-13-8/h2-4H,5H2,1H3. The lowest BCUT2D eigenvalue weighted by Gasteiger charge is -2.01. The molecule has 0 spiro atoms. The van der Waals surface area contributed by atoms with Gasteiger partial charge in [-0.25, -0.2) is 4.79 Å². The molecular weight excluding hydrogens is 200 g/mol. The second-order valence-corrected chi connectivity index (χ2v) is 2.95. The fraction of sp³-hybridized carbons (Fsp3) is 0.200. The van der Waals surface area contributed by atoms with Gasteiger partial charge in [-0.05, 0) is 18.2 Å². The van der Waals surface area contributed by atoms with Gasteiger partial charge in [0.25, 0.3) is 0 Å². The molecule has 0 saturated heterocycles. The Kier molecular flexibility index (Phi) is 2.29. The highest BCUT2D eigenvalue weighted by atomic mass is 16.7. The zero-order chi connectivity index (χ0) is 10.8. The van der Waals surface area contributed by atoms with Gasteiger partial charge >= 0.3 is 11.9 Å². The predicted octanol–water partition coefficient (Wildman–Crippen LogP) is 1.12. The van der Waals surface area contributed by atoms with E-state index in [9.17, 15) is 9.59 Å². The lowest BCUT2D eigenvalue weighted by atomic mass is 10.2. The van der Waals surface area contributed by atoms with Crippen LogP contribution in [-0.4, -0.2) is 18.7 Å². The first kappa shape index (κ1) is 9.51. The van der Waals surface area contributed by atoms with E-state index in [1.54, 1.807) is 6.07 Å². The van der Waals surface area contributed by atoms with E-state index < -0.39 is 11.9 Å². The summed E-state index contributed by atoms with van der Waals surface area (Å²) >= 11 is 0. The number of ether oxygens (including phenoxy) is 3. The van der Waals surface area contributed by atoms with E-state index in [4.69, 9.17) is 9.47 Å². The first-order valence-electron chi connectivity index (χ1n) is 4.29. The Bertz CT molecular complexity index is 424. The van der Waals surface area contributed by atoms with Crippen molar-refractivity contribution >= 4 is 11.9 Å². The van der Waals surface area contributed by atoms with Gasteiger partial charge in [0.1, 0.15) is 0 Å². The van der Waals surface area contributed by atoms with Crippen LogP contribution in [0.2, 0.25) is 0 Å². The predicted molar refractivity (Wildman–Crippen MR) is 48.7 cm³/mol. The van der Waals surface area contributed by atoms with E-state index in [0.717, 1.165) is 0 Å². The lowest BCUT2D eigenvalue weighted by molar-refractivity contribution is -0.135. The van der Waals surface area contributed by atoms with E-state index in [1.165, 1.54) is 19.1 Å². The molecule has 0 saturated carbocycles. The van der Waals surface area contributed by atoms with Crippen LogP contribution in [0.1, 0.15) is 17.3 Å². The van der Waals surface area contributed by atoms with Crippen LogP contribution in [0.15, 0.2) is 18.2 Å². The zero-order valence-corrected chi connectivity index (χ0v) is 7.98. The molecule has 0 fully saturated rings. The number of fused-ring (bicyclic) bond motifs is 1. The quantitative estimate of drug-likeness (QED) is 0.511. The average molecular weight is 208 g/mol. The van der Waals surface area contributed by atoms with Crippen LogP contribution in [0, 0.1) is 0 Å². The fourth-order valence-electron chi connectivity index (χ4n) is 1.21. The van der Waals surface area contributed by atoms with Crippen molar-refractivity contribution in [3.8, 4) is 11.5 Å². The molecule has 1 aliphatic rings. The molecule has 0 aliphatic carbocycles. The molecule has 1 aromatic rings. The van der Waals surface area contributed by atoms with Crippen molar-refractivity contribution in [2.45, 2.75) is 6.92 Å². The second kappa shape index (κ2) is 3.61. The minimum atomic E-state index is -0.694. The van der Waals surface area contributed by atoms with Crippen LogP contribution in [0.3, 0.4) is 0 Å². The smallest absolute Gasteiger partial charge is 0.345 e. The van der Waals surface area contributed by atoms with Crippen molar-refractivity contribution < 1.29 is 23.8 Å². The summed E-state index contributed by atoms with van der Waals surface area (Å²) in [6, 6.07) is 4.59. The Hall–Kier alpha value is -2.04. The van der Waals surface area contributed by atoms with Gasteiger partial charge in [0.2, 0.25) is 6.79 Å². The van der Waals surface area contributed by atoms with Crippen molar-refractivity contribution in [1.82, 2.24) is 0 Å². The number of hydrogen-bond donors (Lipinski definition) is 0. The monoisotopic (exact) mass is 208 g/mol. The fourth-order valence-corrected chi connectivity index (χ4v) is 1.21. The first-order valence-corrected chi connectivity index (χ1v) is 4.29. The van der Waals surface area contributed by atoms with Crippen LogP contribution in [0.25, 0.3) is 0 Å². The average Bonchev–Trinajstić information content (AvgIpc) is 2.62. The topological polar surface area (TPSA) is 61.8 Å². The zero-order valence-electron chi connectivity index (χ0n) is 7.98. The van der Waals surface area contributed by atoms with Gasteiger partial charge in [-0.15, -0.1) is 0 Å². The molecule has 15 heavy (non-hydrogen) atoms. The number of esters is 2. The Balaban J connectivity index is 2.23. The van der Waals surface area contributed by atoms with Crippen molar-refractivity contribution in [1.29, 1.82) is 0 Å². The third kappa shape index (κ3) is 1.90. The molecular formula is C10H8O5. The molecule has 0 aromatic heterocycles. The van der Waals surface area contributed by atoms with Crippen molar-refractivity contribution in [2.75, 3.05) is 6.79 Å². The maximum Gasteiger partial charge on any atom is 0.345 e. The van der Waals surface area contributed by atoms with E-state index in [0.29, 0.717) is 11.5 Å². The first-order chi connectivity index (χ1) is 7.16. The summed E-state index contributed by atoms with van der Waals surface area (Å²) in [5.41, 5.74) is 0.259. The number of rotatable bonds is 1. The Morgan fingerprint density at radius 1 is 1.27 bits per heavy atom. The molecule has 1 heterocycles. The molecule has 5 nitrogen and oxygen atoms in total. The van der Waals surface area contributed by atoms with Gasteiger partial charge in [-0.2, -0.15) is 0 Å². The van der Waals surface area contributed by atoms with Gasteiger partial charge in [0.15, 0.2) is 11.5 Å². The molecule has 2 rings (SSSR count). The lowest BCUT2D eigenvalue weighted by Crippen LogP contribution is -2.08. The van der Waals surface area contributed by atoms with Gasteiger partial charge in [0.05, 0.1) is 5.56 Å². The van der Waals surface area contributed by atoms with Crippen LogP contribution in [0.5, 0.6) is 11.5 Å². The van der Waals surface area contributed by atoms with Gasteiger partial charge < -0.3 is 14.2 Å². The highest BCUT2D eigenvalue weighted by Crippen LogP contribution is 2.32. The summed E-state index contributed by atoms with van der Waals surface area (Å²) in [6.45, 7) is 1.31. The minimum Gasteiger partial charge on any atom is -0.454 e. The molecule has 78 valence electrons. The Morgan fingerprint density at radius 2 is 2.00 bits per heavy atom. The number of hydrogen-bond acceptors (Lipinski definition) is 5. The molecule has 0 radical (unpaired) electrons. The molecule has 0 amide bonds. The minimum absolute atomic E-state index is 0.139. The van der Waals surface area contributed by atoms with E-state index in [-0.39, 0.29) is 12.4 Å². The highest BCUT2D eigenvalue weighted by molar-refractivity contribution is 5.96. The number of carbonyl (C=O) groups is 2. The van der Waals surface area contributed by atoms with Crippen molar-refractivity contribution in [2.24, 2.45) is 0 Å². The summed E-state index contributed by atoms with van der Waals surface area (Å²) < 4.78 is 14.6. The van der Waals surface area contributed by atoms with Gasteiger partial charge in [-0.1, -0.05) is 0 Å². The SMILES string of the molecule is CC(=O)OC(=O)c1ccc2c(c1)OCO2. The highest BCUT2D eigenvalue weighted by Gasteiger charge is 2.17. The third-order valence-corrected chi connectivity index (χ3v) is 1.84. The maximum atomic E-state index is 11.3. The maximum absolute atomic E-state index is 11.3. The van der Waals surface area contributed by atoms with Gasteiger partial charge in [-0.3, -0.25) is 4.79 Å². The van der Waals surface area contributed by atoms with Crippen molar-refractivity contribution in [3.63, 3.8) is 0 Å². The molecule has 0 unspecified atom stereocenters. The number of carbonyl (C=O) groups excluding carboxylic acids is 2. The van der Waals surface area contributed by atoms with Crippen LogP contribution >= 0.6 is 0 Å². The summed E-state index contributed by atoms with van der Waals surface area (Å²) in [6.07, 6.45) is 0. The van der Waals surface area contributed by atoms with Crippen LogP contribution in [0.4, 0.5) is 0 Å². The molecule has 5 heteroatoms. The molecule has 0 N–H and O–H groups in total. The molecule has 0 atom stereocenters. The van der Waals surface area contributed by atoms with Crippen LogP contribution in [-0.2, 0) is 9.53 Å². The Labute approximate surface area is 85.5 Å². The molecule has 1 aromatic carbocycles. The number of benzene rings is 1. The summed E-state index contributed by atoms with van der Waals surface area (Å²) in [4.78, 5) is 21.9. The third-order valence-electron chi connectivity index (χ3n) is 1.84. The molecule has 1 aliphatic heterocycles. The second-order valence-electron chi connectivity index (χ2n) is 2.95. The van der Waals surface area contributed by atoms with Crippen molar-refractivity contribution in [3.05, 3.63) is 23.8 Å². The largest absolute Gasteiger partial charge is 0.454 e. The van der Waals surface area contributed by atoms with Gasteiger partial charge in [0, 0.05) is 6.92 Å². The summed E-state index contributed by atoms with van der Waals surface area (Å²) in [7, 11) is 0. The normalized spacial score (nSPS) is 12.3. The van der Waals surface area contributed by atoms with Crippen LogP contribution < -0.4 is 9.47 Å². The van der Waals surface area contributed by atoms with E-state index in [1.807, 2.05) is 0 Å². The Morgan fingerprint density at radius 3 is 2.73 bits per heavy atom. The summed E-state index contributed by atoms with van der Waals surface area (Å²) in [5, 5.41) is 0. The van der Waals surface area contributed by atoms with E-state index in [2.05, 4.69) is 4.74 Å². The molecule has 0 bridgehead atoms.